The number of alkyl halides is 2. The zero-order valence-corrected chi connectivity index (χ0v) is 14.2. The fraction of sp³-hybridized carbons (Fsp3) is 0.667. The lowest BCUT2D eigenvalue weighted by molar-refractivity contribution is -0.173. The van der Waals surface area contributed by atoms with Gasteiger partial charge in [0, 0.05) is 45.4 Å². The largest absolute Gasteiger partial charge is 0.368 e. The van der Waals surface area contributed by atoms with Crippen LogP contribution in [0.2, 0.25) is 0 Å². The van der Waals surface area contributed by atoms with Gasteiger partial charge >= 0.3 is 0 Å². The van der Waals surface area contributed by atoms with Crippen molar-refractivity contribution in [1.29, 1.82) is 0 Å². The highest BCUT2D eigenvalue weighted by molar-refractivity contribution is 5.81. The molecule has 1 amide bonds. The number of likely N-dealkylation sites (tertiary alicyclic amines) is 1. The minimum Gasteiger partial charge on any atom is -0.368 e. The number of piperidine rings is 1. The minimum atomic E-state index is -2.77. The standard InChI is InChI=1S/C18H23F2N3O2/c19-18(20)7-10-23(16(24)14-4-3-11-25-14)13-17(18)6-9-22(12-17)15-5-1-2-8-21-15/h1-2,5,8,14H,3-4,6-7,9-13H2/t14-,17+/m1/s1. The molecule has 1 spiro atoms. The summed E-state index contributed by atoms with van der Waals surface area (Å²) in [6.07, 6.45) is 2.87. The number of ether oxygens (including phenoxy) is 1. The number of hydrogen-bond donors (Lipinski definition) is 0. The first-order valence-electron chi connectivity index (χ1n) is 8.95. The van der Waals surface area contributed by atoms with Gasteiger partial charge in [-0.3, -0.25) is 4.79 Å². The average Bonchev–Trinajstić information content (AvgIpc) is 3.29. The number of nitrogens with zero attached hydrogens (tertiary/aromatic N) is 3. The molecule has 7 heteroatoms. The van der Waals surface area contributed by atoms with E-state index in [-0.39, 0.29) is 32.0 Å². The van der Waals surface area contributed by atoms with Crippen LogP contribution in [-0.2, 0) is 9.53 Å². The molecule has 0 saturated carbocycles. The summed E-state index contributed by atoms with van der Waals surface area (Å²) in [7, 11) is 0. The number of aromatic nitrogens is 1. The lowest BCUT2D eigenvalue weighted by Gasteiger charge is -2.46. The molecule has 136 valence electrons. The fourth-order valence-corrected chi connectivity index (χ4v) is 4.30. The molecule has 3 aliphatic rings. The second-order valence-corrected chi connectivity index (χ2v) is 7.36. The van der Waals surface area contributed by atoms with Crippen LogP contribution in [0, 0.1) is 5.41 Å². The lowest BCUT2D eigenvalue weighted by Crippen LogP contribution is -2.59. The van der Waals surface area contributed by atoms with Crippen LogP contribution in [0.1, 0.15) is 25.7 Å². The Morgan fingerprint density at radius 3 is 2.84 bits per heavy atom. The zero-order chi connectivity index (χ0) is 17.5. The Labute approximate surface area is 146 Å². The Hall–Kier alpha value is -1.76. The molecule has 0 aromatic carbocycles. The highest BCUT2D eigenvalue weighted by atomic mass is 19.3. The number of halogens is 2. The Kier molecular flexibility index (Phi) is 4.14. The van der Waals surface area contributed by atoms with E-state index in [0.29, 0.717) is 26.0 Å². The van der Waals surface area contributed by atoms with E-state index >= 15 is 0 Å². The second kappa shape index (κ2) is 6.20. The van der Waals surface area contributed by atoms with Crippen LogP contribution < -0.4 is 4.90 Å². The predicted molar refractivity (Wildman–Crippen MR) is 88.6 cm³/mol. The molecule has 0 N–H and O–H groups in total. The third-order valence-electron chi connectivity index (χ3n) is 5.81. The topological polar surface area (TPSA) is 45.7 Å². The first kappa shape index (κ1) is 16.7. The quantitative estimate of drug-likeness (QED) is 0.820. The van der Waals surface area contributed by atoms with Crippen molar-refractivity contribution in [3.05, 3.63) is 24.4 Å². The molecule has 3 saturated heterocycles. The molecular weight excluding hydrogens is 328 g/mol. The van der Waals surface area contributed by atoms with Crippen LogP contribution in [0.5, 0.6) is 0 Å². The van der Waals surface area contributed by atoms with Crippen molar-refractivity contribution < 1.29 is 18.3 Å². The van der Waals surface area contributed by atoms with Gasteiger partial charge in [-0.15, -0.1) is 0 Å². The first-order valence-corrected chi connectivity index (χ1v) is 8.95. The third kappa shape index (κ3) is 2.88. The van der Waals surface area contributed by atoms with Crippen molar-refractivity contribution in [3.8, 4) is 0 Å². The molecule has 25 heavy (non-hydrogen) atoms. The van der Waals surface area contributed by atoms with Gasteiger partial charge in [0.2, 0.25) is 0 Å². The van der Waals surface area contributed by atoms with E-state index in [4.69, 9.17) is 4.74 Å². The summed E-state index contributed by atoms with van der Waals surface area (Å²) < 4.78 is 35.2. The zero-order valence-electron chi connectivity index (χ0n) is 14.2. The number of amides is 1. The van der Waals surface area contributed by atoms with Gasteiger partial charge in [0.15, 0.2) is 0 Å². The van der Waals surface area contributed by atoms with Crippen LogP contribution >= 0.6 is 0 Å². The van der Waals surface area contributed by atoms with E-state index in [2.05, 4.69) is 4.98 Å². The molecule has 1 aromatic rings. The number of anilines is 1. The van der Waals surface area contributed by atoms with Crippen LogP contribution in [-0.4, -0.2) is 60.6 Å². The third-order valence-corrected chi connectivity index (χ3v) is 5.81. The summed E-state index contributed by atoms with van der Waals surface area (Å²) in [6, 6.07) is 5.52. The van der Waals surface area contributed by atoms with Crippen molar-refractivity contribution >= 4 is 11.7 Å². The van der Waals surface area contributed by atoms with E-state index in [1.165, 1.54) is 0 Å². The van der Waals surface area contributed by atoms with Gasteiger partial charge in [0.05, 0.1) is 5.41 Å². The van der Waals surface area contributed by atoms with Gasteiger partial charge in [0.1, 0.15) is 11.9 Å². The molecule has 0 aliphatic carbocycles. The summed E-state index contributed by atoms with van der Waals surface area (Å²) in [5, 5.41) is 0. The molecule has 3 aliphatic heterocycles. The van der Waals surface area contributed by atoms with Gasteiger partial charge in [0.25, 0.3) is 11.8 Å². The Bertz CT molecular complexity index is 636. The van der Waals surface area contributed by atoms with E-state index in [0.717, 1.165) is 12.2 Å². The molecule has 0 radical (unpaired) electrons. The van der Waals surface area contributed by atoms with E-state index < -0.39 is 17.4 Å². The molecule has 2 atom stereocenters. The van der Waals surface area contributed by atoms with Crippen molar-refractivity contribution in [1.82, 2.24) is 9.88 Å². The van der Waals surface area contributed by atoms with Gasteiger partial charge in [-0.2, -0.15) is 0 Å². The smallest absolute Gasteiger partial charge is 0.258 e. The van der Waals surface area contributed by atoms with Crippen molar-refractivity contribution in [2.45, 2.75) is 37.7 Å². The number of carbonyl (C=O) groups is 1. The predicted octanol–water partition coefficient (Wildman–Crippen LogP) is 2.32. The summed E-state index contributed by atoms with van der Waals surface area (Å²) in [4.78, 5) is 20.4. The summed E-state index contributed by atoms with van der Waals surface area (Å²) in [6.45, 7) is 1.55. The Morgan fingerprint density at radius 2 is 2.12 bits per heavy atom. The van der Waals surface area contributed by atoms with E-state index in [1.54, 1.807) is 11.1 Å². The molecule has 1 aromatic heterocycles. The monoisotopic (exact) mass is 351 g/mol. The Morgan fingerprint density at radius 1 is 1.24 bits per heavy atom. The molecule has 5 nitrogen and oxygen atoms in total. The van der Waals surface area contributed by atoms with Gasteiger partial charge in [-0.25, -0.2) is 13.8 Å². The lowest BCUT2D eigenvalue weighted by atomic mass is 9.75. The maximum absolute atomic E-state index is 14.9. The summed E-state index contributed by atoms with van der Waals surface area (Å²) in [5.41, 5.74) is -1.20. The van der Waals surface area contributed by atoms with Crippen LogP contribution in [0.3, 0.4) is 0 Å². The maximum atomic E-state index is 14.9. The number of carbonyl (C=O) groups excluding carboxylic acids is 1. The van der Waals surface area contributed by atoms with Crippen LogP contribution in [0.25, 0.3) is 0 Å². The Balaban J connectivity index is 1.53. The second-order valence-electron chi connectivity index (χ2n) is 7.36. The minimum absolute atomic E-state index is 0.0992. The average molecular weight is 351 g/mol. The first-order chi connectivity index (χ1) is 12.0. The highest BCUT2D eigenvalue weighted by Crippen LogP contribution is 2.50. The molecule has 0 unspecified atom stereocenters. The maximum Gasteiger partial charge on any atom is 0.258 e. The van der Waals surface area contributed by atoms with Gasteiger partial charge in [-0.05, 0) is 31.4 Å². The SMILES string of the molecule is O=C([C@H]1CCCO1)N1CCC(F)(F)[C@]2(CCN(c3ccccn3)C2)C1. The summed E-state index contributed by atoms with van der Waals surface area (Å²) >= 11 is 0. The number of hydrogen-bond acceptors (Lipinski definition) is 4. The fourth-order valence-electron chi connectivity index (χ4n) is 4.30. The normalized spacial score (nSPS) is 31.7. The van der Waals surface area contributed by atoms with E-state index in [9.17, 15) is 13.6 Å². The molecule has 4 heterocycles. The van der Waals surface area contributed by atoms with Crippen molar-refractivity contribution in [3.63, 3.8) is 0 Å². The van der Waals surface area contributed by atoms with Crippen LogP contribution in [0.15, 0.2) is 24.4 Å². The summed E-state index contributed by atoms with van der Waals surface area (Å²) in [5.74, 6) is -2.18. The van der Waals surface area contributed by atoms with E-state index in [1.807, 2.05) is 23.1 Å². The van der Waals surface area contributed by atoms with Crippen molar-refractivity contribution in [2.75, 3.05) is 37.7 Å². The van der Waals surface area contributed by atoms with Crippen molar-refractivity contribution in [2.24, 2.45) is 5.41 Å². The molecular formula is C18H23F2N3O2. The van der Waals surface area contributed by atoms with Gasteiger partial charge in [-0.1, -0.05) is 6.07 Å². The van der Waals surface area contributed by atoms with Crippen LogP contribution in [0.4, 0.5) is 14.6 Å². The number of rotatable bonds is 2. The molecule has 4 rings (SSSR count). The van der Waals surface area contributed by atoms with Gasteiger partial charge < -0.3 is 14.5 Å². The molecule has 0 bridgehead atoms. The highest BCUT2D eigenvalue weighted by Gasteiger charge is 2.60. The number of pyridine rings is 1. The molecule has 3 fully saturated rings.